The van der Waals surface area contributed by atoms with Crippen molar-refractivity contribution in [2.45, 2.75) is 0 Å². The minimum absolute atomic E-state index is 0. The van der Waals surface area contributed by atoms with Crippen molar-refractivity contribution in [1.82, 2.24) is 0 Å². The molecule has 0 atom stereocenters. The summed E-state index contributed by atoms with van der Waals surface area (Å²) in [5, 5.41) is 0. The van der Waals surface area contributed by atoms with Gasteiger partial charge in [0.05, 0.1) is 0 Å². The Balaban J connectivity index is -0.0000000150. The molecule has 0 aromatic rings. The Hall–Kier alpha value is 6.44. The number of hydrogen-bond donors (Lipinski definition) is 0. The van der Waals surface area contributed by atoms with Crippen LogP contribution in [0, 0.1) is 0 Å². The maximum atomic E-state index is 8.57. The third-order valence-electron chi connectivity index (χ3n) is 0. The molecule has 20 heavy (non-hydrogen) atoms. The van der Waals surface area contributed by atoms with Gasteiger partial charge in [0.25, 0.3) is 84.3 Å². The summed E-state index contributed by atoms with van der Waals surface area (Å²) >= 11 is -16.1. The van der Waals surface area contributed by atoms with Crippen LogP contribution in [0.1, 0.15) is 0 Å². The van der Waals surface area contributed by atoms with Crippen molar-refractivity contribution in [3.63, 3.8) is 0 Å². The van der Waals surface area contributed by atoms with E-state index >= 15 is 0 Å². The molecule has 0 amide bonds. The summed E-state index contributed by atoms with van der Waals surface area (Å²) in [7, 11) is 0. The van der Waals surface area contributed by atoms with Gasteiger partial charge in [-0.15, -0.1) is 0 Å². The molecule has 0 radical (unpaired) electrons. The molecular weight excluding hydrogens is 792 g/mol. The van der Waals surface area contributed by atoms with E-state index in [4.69, 9.17) is 41.2 Å². The van der Waals surface area contributed by atoms with Gasteiger partial charge in [-0.3, -0.25) is 0 Å². The first-order valence-corrected chi connectivity index (χ1v) is 12.4. The minimum Gasteiger partial charge on any atom is -0.427 e. The van der Waals surface area contributed by atoms with Crippen LogP contribution in [-0.2, 0) is 0 Å². The largest absolute Gasteiger partial charge is 1.00 e. The van der Waals surface area contributed by atoms with E-state index < -0.39 is 84.3 Å². The van der Waals surface area contributed by atoms with Crippen LogP contribution in [0.3, 0.4) is 0 Å². The SMILES string of the molecule is [Na+].[Na+].[Na+].[Na+].[O-][I+2]([O-])[O-].[O-][I+2]([O-])[O-].[O-][I+2]([O-])[O-].[O-][I+2]([O-])[O-]. The molecule has 0 saturated heterocycles. The standard InChI is InChI=1S/4IO3.4Na/c4*2-1(3)4;;;;/q4*-1;4*+1. The van der Waals surface area contributed by atoms with E-state index in [9.17, 15) is 0 Å². The molecule has 0 aromatic carbocycles. The van der Waals surface area contributed by atoms with Crippen LogP contribution >= 0.6 is 0 Å². The van der Waals surface area contributed by atoms with Crippen molar-refractivity contribution >= 4 is 0 Å². The minimum atomic E-state index is -4.01. The van der Waals surface area contributed by atoms with Crippen molar-refractivity contribution < 1.29 is 244 Å². The summed E-state index contributed by atoms with van der Waals surface area (Å²) in [6, 6.07) is 0. The number of halogens is 4. The Bertz CT molecular complexity index is 70.4. The van der Waals surface area contributed by atoms with Gasteiger partial charge < -0.3 is 41.2 Å². The van der Waals surface area contributed by atoms with Crippen LogP contribution in [0.5, 0.6) is 0 Å². The van der Waals surface area contributed by atoms with Crippen molar-refractivity contribution in [1.29, 1.82) is 0 Å². The average molecular weight is 792 g/mol. The van der Waals surface area contributed by atoms with Crippen molar-refractivity contribution in [3.05, 3.63) is 0 Å². The molecule has 0 heterocycles. The molecule has 0 rings (SSSR count). The molecular formula is I4Na4O12. The zero-order valence-corrected chi connectivity index (χ0v) is 27.0. The van der Waals surface area contributed by atoms with Gasteiger partial charge >= 0.3 is 118 Å². The van der Waals surface area contributed by atoms with Gasteiger partial charge in [0, 0.05) is 0 Å². The van der Waals surface area contributed by atoms with Gasteiger partial charge in [-0.25, -0.2) is 0 Å². The Morgan fingerprint density at radius 1 is 0.250 bits per heavy atom. The smallest absolute Gasteiger partial charge is 0.427 e. The fourth-order valence-electron chi connectivity index (χ4n) is 0. The molecule has 0 spiro atoms. The molecule has 20 heteroatoms. The number of hydrogen-bond acceptors (Lipinski definition) is 12. The van der Waals surface area contributed by atoms with Crippen LogP contribution < -0.4 is 244 Å². The maximum Gasteiger partial charge on any atom is 1.00 e. The molecule has 0 fully saturated rings. The quantitative estimate of drug-likeness (QED) is 0.163. The summed E-state index contributed by atoms with van der Waals surface area (Å²) in [6.07, 6.45) is 0. The van der Waals surface area contributed by atoms with E-state index in [0.29, 0.717) is 0 Å². The monoisotopic (exact) mass is 792 g/mol. The van der Waals surface area contributed by atoms with E-state index in [2.05, 4.69) is 0 Å². The van der Waals surface area contributed by atoms with E-state index in [1.165, 1.54) is 0 Å². The number of rotatable bonds is 0. The molecule has 0 bridgehead atoms. The molecule has 0 aliphatic rings. The summed E-state index contributed by atoms with van der Waals surface area (Å²) < 4.78 is 103. The summed E-state index contributed by atoms with van der Waals surface area (Å²) in [5.74, 6) is 0. The average Bonchev–Trinajstić information content (AvgIpc) is 1.76. The van der Waals surface area contributed by atoms with Crippen LogP contribution in [0.15, 0.2) is 0 Å². The summed E-state index contributed by atoms with van der Waals surface area (Å²) in [4.78, 5) is 0. The van der Waals surface area contributed by atoms with Gasteiger partial charge in [0.1, 0.15) is 0 Å². The second-order valence-electron chi connectivity index (χ2n) is 0.756. The Kier molecular flexibility index (Phi) is 112. The molecule has 0 aliphatic heterocycles. The van der Waals surface area contributed by atoms with Gasteiger partial charge in [-0.05, 0) is 0 Å². The van der Waals surface area contributed by atoms with E-state index in [0.717, 1.165) is 0 Å². The van der Waals surface area contributed by atoms with Crippen molar-refractivity contribution in [3.8, 4) is 0 Å². The maximum absolute atomic E-state index is 8.57. The van der Waals surface area contributed by atoms with Crippen molar-refractivity contribution in [2.75, 3.05) is 0 Å². The molecule has 0 aliphatic carbocycles. The first-order chi connectivity index (χ1) is 6.93. The van der Waals surface area contributed by atoms with Gasteiger partial charge in [-0.1, -0.05) is 0 Å². The first kappa shape index (κ1) is 50.3. The Morgan fingerprint density at radius 3 is 0.250 bits per heavy atom. The first-order valence-electron chi connectivity index (χ1n) is 1.85. The van der Waals surface area contributed by atoms with Crippen LogP contribution in [-0.4, -0.2) is 0 Å². The van der Waals surface area contributed by atoms with E-state index in [1.54, 1.807) is 0 Å². The zero-order valence-electron chi connectivity index (χ0n) is 10.4. The van der Waals surface area contributed by atoms with Crippen LogP contribution in [0.25, 0.3) is 0 Å². The van der Waals surface area contributed by atoms with Crippen molar-refractivity contribution in [2.24, 2.45) is 0 Å². The topological polar surface area (TPSA) is 277 Å². The molecule has 0 N–H and O–H groups in total. The predicted octanol–water partition coefficient (Wildman–Crippen LogP) is -38.2. The van der Waals surface area contributed by atoms with Crippen LogP contribution in [0.2, 0.25) is 0 Å². The fourth-order valence-corrected chi connectivity index (χ4v) is 0. The van der Waals surface area contributed by atoms with Gasteiger partial charge in [0.15, 0.2) is 0 Å². The zero-order chi connectivity index (χ0) is 14.3. The Morgan fingerprint density at radius 2 is 0.250 bits per heavy atom. The molecule has 0 unspecified atom stereocenters. The van der Waals surface area contributed by atoms with E-state index in [1.807, 2.05) is 0 Å². The summed E-state index contributed by atoms with van der Waals surface area (Å²) in [6.45, 7) is 0. The molecule has 0 saturated carbocycles. The summed E-state index contributed by atoms with van der Waals surface area (Å²) in [5.41, 5.74) is 0. The van der Waals surface area contributed by atoms with Gasteiger partial charge in [-0.2, -0.15) is 0 Å². The Labute approximate surface area is 237 Å². The normalized spacial score (nSPS) is 7.20. The second-order valence-corrected chi connectivity index (χ2v) is 5.07. The fraction of sp³-hybridized carbons (Fsp3) is 0. The van der Waals surface area contributed by atoms with Crippen LogP contribution in [0.4, 0.5) is 0 Å². The van der Waals surface area contributed by atoms with Gasteiger partial charge in [0.2, 0.25) is 0 Å². The molecule has 0 aromatic heterocycles. The molecule has 104 valence electrons. The van der Waals surface area contributed by atoms with E-state index in [-0.39, 0.29) is 118 Å². The predicted molar refractivity (Wildman–Crippen MR) is 0 cm³/mol. The third-order valence-corrected chi connectivity index (χ3v) is 0. The second kappa shape index (κ2) is 44.7. The third kappa shape index (κ3) is 324. The molecule has 12 nitrogen and oxygen atoms in total.